The average Bonchev–Trinajstić information content (AvgIpc) is 2.65. The van der Waals surface area contributed by atoms with Crippen molar-refractivity contribution < 1.29 is 4.79 Å². The van der Waals surface area contributed by atoms with Crippen LogP contribution in [0, 0.1) is 5.92 Å². The van der Waals surface area contributed by atoms with Crippen molar-refractivity contribution in [2.24, 2.45) is 5.92 Å². The monoisotopic (exact) mass is 234 g/mol. The molecule has 0 aromatic carbocycles. The molecule has 0 radical (unpaired) electrons. The number of carbonyl (C=O) groups is 1. The second-order valence-electron chi connectivity index (χ2n) is 5.03. The molecule has 1 aliphatic carbocycles. The van der Waals surface area contributed by atoms with Crippen LogP contribution in [0.15, 0.2) is 12.3 Å². The molecule has 0 unspecified atom stereocenters. The normalized spacial score (nSPS) is 16.2. The molecule has 3 heteroatoms. The molecule has 94 valence electrons. The molecule has 0 N–H and O–H groups in total. The summed E-state index contributed by atoms with van der Waals surface area (Å²) in [4.78, 5) is 11.9. The molecule has 0 spiro atoms. The summed E-state index contributed by atoms with van der Waals surface area (Å²) in [6.45, 7) is 4.35. The molecule has 1 aromatic heterocycles. The zero-order chi connectivity index (χ0) is 12.3. The number of carbonyl (C=O) groups excluding carboxylic acids is 1. The SMILES string of the molecule is CCC(CC)n1ccc(CC(=O)C2CCC2)n1. The van der Waals surface area contributed by atoms with E-state index in [9.17, 15) is 4.79 Å². The zero-order valence-corrected chi connectivity index (χ0v) is 10.9. The molecular formula is C14H22N2O. The first kappa shape index (κ1) is 12.3. The van der Waals surface area contributed by atoms with Crippen molar-refractivity contribution in [2.45, 2.75) is 58.4 Å². The van der Waals surface area contributed by atoms with Gasteiger partial charge in [-0.1, -0.05) is 20.3 Å². The van der Waals surface area contributed by atoms with E-state index in [-0.39, 0.29) is 0 Å². The maximum Gasteiger partial charge on any atom is 0.141 e. The Hall–Kier alpha value is -1.12. The van der Waals surface area contributed by atoms with Gasteiger partial charge < -0.3 is 0 Å². The number of Topliss-reactive ketones (excluding diaryl/α,β-unsaturated/α-hetero) is 1. The topological polar surface area (TPSA) is 34.9 Å². The molecule has 3 nitrogen and oxygen atoms in total. The summed E-state index contributed by atoms with van der Waals surface area (Å²) in [6.07, 6.45) is 8.12. The third kappa shape index (κ3) is 2.76. The van der Waals surface area contributed by atoms with Gasteiger partial charge in [-0.05, 0) is 31.7 Å². The Kier molecular flexibility index (Phi) is 3.97. The van der Waals surface area contributed by atoms with E-state index in [4.69, 9.17) is 0 Å². The van der Waals surface area contributed by atoms with Crippen LogP contribution in [-0.2, 0) is 11.2 Å². The van der Waals surface area contributed by atoms with E-state index in [1.807, 2.05) is 16.9 Å². The minimum atomic E-state index is 0.327. The number of aromatic nitrogens is 2. The van der Waals surface area contributed by atoms with Crippen LogP contribution in [0.5, 0.6) is 0 Å². The number of ketones is 1. The van der Waals surface area contributed by atoms with Crippen LogP contribution < -0.4 is 0 Å². The minimum Gasteiger partial charge on any atom is -0.299 e. The van der Waals surface area contributed by atoms with Crippen LogP contribution in [0.2, 0.25) is 0 Å². The summed E-state index contributed by atoms with van der Waals surface area (Å²) in [5.41, 5.74) is 0.939. The van der Waals surface area contributed by atoms with Crippen molar-refractivity contribution in [1.29, 1.82) is 0 Å². The van der Waals surface area contributed by atoms with E-state index in [2.05, 4.69) is 18.9 Å². The van der Waals surface area contributed by atoms with E-state index in [0.717, 1.165) is 31.4 Å². The van der Waals surface area contributed by atoms with Gasteiger partial charge in [0.05, 0.1) is 18.2 Å². The largest absolute Gasteiger partial charge is 0.299 e. The standard InChI is InChI=1S/C14H22N2O/c1-3-13(4-2)16-9-8-12(15-16)10-14(17)11-6-5-7-11/h8-9,11,13H,3-7,10H2,1-2H3. The van der Waals surface area contributed by atoms with E-state index in [1.54, 1.807) is 0 Å². The van der Waals surface area contributed by atoms with Gasteiger partial charge in [-0.25, -0.2) is 0 Å². The van der Waals surface area contributed by atoms with Gasteiger partial charge in [0.15, 0.2) is 0 Å². The van der Waals surface area contributed by atoms with Crippen molar-refractivity contribution in [1.82, 2.24) is 9.78 Å². The Labute approximate surface area is 103 Å². The molecule has 0 atom stereocenters. The van der Waals surface area contributed by atoms with Gasteiger partial charge in [0, 0.05) is 12.1 Å². The summed E-state index contributed by atoms with van der Waals surface area (Å²) >= 11 is 0. The lowest BCUT2D eigenvalue weighted by Crippen LogP contribution is -2.23. The highest BCUT2D eigenvalue weighted by Crippen LogP contribution is 2.28. The van der Waals surface area contributed by atoms with Crippen molar-refractivity contribution in [3.63, 3.8) is 0 Å². The van der Waals surface area contributed by atoms with Crippen molar-refractivity contribution in [3.05, 3.63) is 18.0 Å². The van der Waals surface area contributed by atoms with Crippen LogP contribution in [0.3, 0.4) is 0 Å². The van der Waals surface area contributed by atoms with Gasteiger partial charge in [0.25, 0.3) is 0 Å². The first-order valence-corrected chi connectivity index (χ1v) is 6.81. The molecule has 0 saturated heterocycles. The molecule has 0 aliphatic heterocycles. The third-order valence-corrected chi connectivity index (χ3v) is 3.90. The fourth-order valence-corrected chi connectivity index (χ4v) is 2.39. The number of hydrogen-bond donors (Lipinski definition) is 0. The lowest BCUT2D eigenvalue weighted by atomic mass is 9.81. The van der Waals surface area contributed by atoms with E-state index in [0.29, 0.717) is 24.2 Å². The Morgan fingerprint density at radius 1 is 1.47 bits per heavy atom. The predicted molar refractivity (Wildman–Crippen MR) is 67.9 cm³/mol. The molecule has 17 heavy (non-hydrogen) atoms. The maximum absolute atomic E-state index is 11.9. The summed E-state index contributed by atoms with van der Waals surface area (Å²) in [7, 11) is 0. The van der Waals surface area contributed by atoms with E-state index >= 15 is 0 Å². The molecule has 2 rings (SSSR count). The lowest BCUT2D eigenvalue weighted by molar-refractivity contribution is -0.124. The summed E-state index contributed by atoms with van der Waals surface area (Å²) in [5.74, 6) is 0.708. The van der Waals surface area contributed by atoms with Gasteiger partial charge >= 0.3 is 0 Å². The molecule has 1 fully saturated rings. The highest BCUT2D eigenvalue weighted by atomic mass is 16.1. The lowest BCUT2D eigenvalue weighted by Gasteiger charge is -2.23. The molecule has 0 amide bonds. The minimum absolute atomic E-state index is 0.327. The Morgan fingerprint density at radius 3 is 2.71 bits per heavy atom. The second-order valence-corrected chi connectivity index (χ2v) is 5.03. The number of hydrogen-bond acceptors (Lipinski definition) is 2. The van der Waals surface area contributed by atoms with Crippen LogP contribution in [0.1, 0.15) is 57.7 Å². The van der Waals surface area contributed by atoms with E-state index < -0.39 is 0 Å². The Morgan fingerprint density at radius 2 is 2.18 bits per heavy atom. The predicted octanol–water partition coefficient (Wildman–Crippen LogP) is 3.16. The summed E-state index contributed by atoms with van der Waals surface area (Å²) in [6, 6.07) is 2.47. The van der Waals surface area contributed by atoms with Gasteiger partial charge in [-0.3, -0.25) is 9.48 Å². The van der Waals surface area contributed by atoms with Gasteiger partial charge in [0.2, 0.25) is 0 Å². The Bertz CT molecular complexity index is 375. The number of rotatable bonds is 6. The molecule has 1 saturated carbocycles. The van der Waals surface area contributed by atoms with Crippen LogP contribution in [0.4, 0.5) is 0 Å². The fourth-order valence-electron chi connectivity index (χ4n) is 2.39. The number of nitrogens with zero attached hydrogens (tertiary/aromatic N) is 2. The molecule has 1 aliphatic rings. The van der Waals surface area contributed by atoms with E-state index in [1.165, 1.54) is 6.42 Å². The zero-order valence-electron chi connectivity index (χ0n) is 10.9. The molecule has 1 heterocycles. The highest BCUT2D eigenvalue weighted by Gasteiger charge is 2.25. The molecule has 0 bridgehead atoms. The molecular weight excluding hydrogens is 212 g/mol. The van der Waals surface area contributed by atoms with Crippen LogP contribution in [-0.4, -0.2) is 15.6 Å². The molecule has 1 aromatic rings. The van der Waals surface area contributed by atoms with Crippen LogP contribution in [0.25, 0.3) is 0 Å². The van der Waals surface area contributed by atoms with Gasteiger partial charge in [0.1, 0.15) is 5.78 Å². The third-order valence-electron chi connectivity index (χ3n) is 3.90. The quantitative estimate of drug-likeness (QED) is 0.757. The van der Waals surface area contributed by atoms with Crippen LogP contribution >= 0.6 is 0 Å². The highest BCUT2D eigenvalue weighted by molar-refractivity contribution is 5.83. The summed E-state index contributed by atoms with van der Waals surface area (Å²) in [5, 5.41) is 4.53. The second kappa shape index (κ2) is 5.48. The van der Waals surface area contributed by atoms with Crippen molar-refractivity contribution in [3.8, 4) is 0 Å². The summed E-state index contributed by atoms with van der Waals surface area (Å²) < 4.78 is 2.02. The van der Waals surface area contributed by atoms with Gasteiger partial charge in [-0.15, -0.1) is 0 Å². The maximum atomic E-state index is 11.9. The smallest absolute Gasteiger partial charge is 0.141 e. The van der Waals surface area contributed by atoms with Gasteiger partial charge in [-0.2, -0.15) is 5.10 Å². The van der Waals surface area contributed by atoms with Crippen molar-refractivity contribution >= 4 is 5.78 Å². The average molecular weight is 234 g/mol. The Balaban J connectivity index is 1.95. The fraction of sp³-hybridized carbons (Fsp3) is 0.714. The first-order valence-electron chi connectivity index (χ1n) is 6.81. The first-order chi connectivity index (χ1) is 8.24. The van der Waals surface area contributed by atoms with Crippen molar-refractivity contribution in [2.75, 3.05) is 0 Å².